The van der Waals surface area contributed by atoms with E-state index < -0.39 is 0 Å². The summed E-state index contributed by atoms with van der Waals surface area (Å²) in [5, 5.41) is 0. The van der Waals surface area contributed by atoms with Crippen molar-refractivity contribution in [1.29, 1.82) is 0 Å². The summed E-state index contributed by atoms with van der Waals surface area (Å²) < 4.78 is 0. The topological polar surface area (TPSA) is 6.48 Å². The third-order valence-corrected chi connectivity index (χ3v) is 7.11. The van der Waals surface area contributed by atoms with Crippen molar-refractivity contribution in [1.82, 2.24) is 9.80 Å². The molecule has 2 aromatic rings. The van der Waals surface area contributed by atoms with Crippen molar-refractivity contribution in [2.75, 3.05) is 26.2 Å². The zero-order valence-corrected chi connectivity index (χ0v) is 19.5. The van der Waals surface area contributed by atoms with Crippen LogP contribution in [-0.2, 0) is 6.42 Å². The van der Waals surface area contributed by atoms with Gasteiger partial charge in [-0.15, -0.1) is 12.4 Å². The van der Waals surface area contributed by atoms with Gasteiger partial charge in [-0.25, -0.2) is 0 Å². The summed E-state index contributed by atoms with van der Waals surface area (Å²) in [6, 6.07) is 21.6. The molecule has 1 aliphatic heterocycles. The molecule has 2 aliphatic rings. The molecule has 1 aliphatic carbocycles. The fraction of sp³-hybridized carbons (Fsp3) is 0.556. The monoisotopic (exact) mass is 426 g/mol. The molecule has 1 saturated heterocycles. The number of hydrogen-bond donors (Lipinski definition) is 0. The predicted molar refractivity (Wildman–Crippen MR) is 131 cm³/mol. The van der Waals surface area contributed by atoms with Gasteiger partial charge in [0.2, 0.25) is 0 Å². The fourth-order valence-electron chi connectivity index (χ4n) is 5.29. The fourth-order valence-corrected chi connectivity index (χ4v) is 5.29. The van der Waals surface area contributed by atoms with E-state index in [1.807, 2.05) is 0 Å². The highest BCUT2D eigenvalue weighted by molar-refractivity contribution is 5.85. The van der Waals surface area contributed by atoms with Crippen LogP contribution in [0.3, 0.4) is 0 Å². The van der Waals surface area contributed by atoms with Crippen LogP contribution in [0.2, 0.25) is 0 Å². The van der Waals surface area contributed by atoms with Crippen LogP contribution in [0.15, 0.2) is 54.6 Å². The van der Waals surface area contributed by atoms with Gasteiger partial charge in [-0.3, -0.25) is 9.80 Å². The highest BCUT2D eigenvalue weighted by Crippen LogP contribution is 2.28. The van der Waals surface area contributed by atoms with Crippen molar-refractivity contribution in [3.8, 4) is 0 Å². The molecule has 0 radical (unpaired) electrons. The first-order valence-corrected chi connectivity index (χ1v) is 11.9. The third-order valence-electron chi connectivity index (χ3n) is 7.11. The smallest absolute Gasteiger partial charge is 0.0389 e. The van der Waals surface area contributed by atoms with Crippen LogP contribution >= 0.6 is 12.4 Å². The van der Waals surface area contributed by atoms with Crippen molar-refractivity contribution < 1.29 is 0 Å². The number of rotatable bonds is 5. The largest absolute Gasteiger partial charge is 0.298 e. The molecule has 1 atom stereocenters. The number of benzene rings is 2. The first kappa shape index (κ1) is 23.3. The number of nitrogens with zero attached hydrogens (tertiary/aromatic N) is 2. The van der Waals surface area contributed by atoms with Crippen LogP contribution in [-0.4, -0.2) is 42.0 Å². The Balaban J connectivity index is 0.00000256. The number of hydrogen-bond acceptors (Lipinski definition) is 2. The Bertz CT molecular complexity index is 714. The van der Waals surface area contributed by atoms with Gasteiger partial charge in [-0.2, -0.15) is 0 Å². The molecule has 1 saturated carbocycles. The molecule has 0 aromatic heterocycles. The molecule has 3 heteroatoms. The lowest BCUT2D eigenvalue weighted by atomic mass is 9.94. The molecule has 2 fully saturated rings. The standard InChI is InChI=1S/C27H38N2.ClH/c1-23-14-16-24(17-15-23)22-27(25-10-6-5-7-11-25)29-20-18-28(19-21-29)26-12-8-3-2-4-9-13-26;/h5-7,10-11,14-17,26-27H,2-4,8-9,12-13,18-22H2,1H3;1H. The third kappa shape index (κ3) is 6.33. The van der Waals surface area contributed by atoms with Gasteiger partial charge in [0.15, 0.2) is 0 Å². The van der Waals surface area contributed by atoms with E-state index in [4.69, 9.17) is 0 Å². The van der Waals surface area contributed by atoms with E-state index in [0.29, 0.717) is 6.04 Å². The van der Waals surface area contributed by atoms with Gasteiger partial charge in [0.1, 0.15) is 0 Å². The zero-order chi connectivity index (χ0) is 19.9. The Morgan fingerprint density at radius 3 is 2.00 bits per heavy atom. The Kier molecular flexibility index (Phi) is 9.24. The molecule has 0 N–H and O–H groups in total. The molecule has 1 unspecified atom stereocenters. The van der Waals surface area contributed by atoms with Gasteiger partial charge in [0.05, 0.1) is 0 Å². The Hall–Kier alpha value is -1.35. The molecular formula is C27H39ClN2. The van der Waals surface area contributed by atoms with Crippen molar-refractivity contribution in [3.05, 3.63) is 71.3 Å². The second kappa shape index (κ2) is 11.9. The van der Waals surface area contributed by atoms with Crippen LogP contribution in [0, 0.1) is 6.92 Å². The van der Waals surface area contributed by atoms with Gasteiger partial charge in [-0.1, -0.05) is 92.3 Å². The van der Waals surface area contributed by atoms with Crippen LogP contribution in [0.4, 0.5) is 0 Å². The molecule has 164 valence electrons. The van der Waals surface area contributed by atoms with Gasteiger partial charge in [-0.05, 0) is 37.3 Å². The van der Waals surface area contributed by atoms with Gasteiger partial charge >= 0.3 is 0 Å². The molecule has 2 nitrogen and oxygen atoms in total. The van der Waals surface area contributed by atoms with Crippen LogP contribution < -0.4 is 0 Å². The number of aryl methyl sites for hydroxylation is 1. The van der Waals surface area contributed by atoms with Crippen LogP contribution in [0.1, 0.15) is 67.7 Å². The molecule has 1 heterocycles. The zero-order valence-electron chi connectivity index (χ0n) is 18.6. The molecule has 2 aromatic carbocycles. The van der Waals surface area contributed by atoms with E-state index in [0.717, 1.165) is 12.5 Å². The minimum atomic E-state index is 0. The van der Waals surface area contributed by atoms with Crippen molar-refractivity contribution >= 4 is 12.4 Å². The molecule has 30 heavy (non-hydrogen) atoms. The molecule has 0 bridgehead atoms. The van der Waals surface area contributed by atoms with E-state index >= 15 is 0 Å². The van der Waals surface area contributed by atoms with Gasteiger partial charge in [0.25, 0.3) is 0 Å². The Labute approximate surface area is 190 Å². The van der Waals surface area contributed by atoms with E-state index in [-0.39, 0.29) is 12.4 Å². The molecular weight excluding hydrogens is 388 g/mol. The van der Waals surface area contributed by atoms with E-state index in [1.165, 1.54) is 87.8 Å². The number of piperazine rings is 1. The Morgan fingerprint density at radius 2 is 1.37 bits per heavy atom. The summed E-state index contributed by atoms with van der Waals surface area (Å²) in [5.74, 6) is 0. The average molecular weight is 427 g/mol. The van der Waals surface area contributed by atoms with Crippen molar-refractivity contribution in [2.24, 2.45) is 0 Å². The normalized spacial score (nSPS) is 20.7. The maximum Gasteiger partial charge on any atom is 0.0389 e. The summed E-state index contributed by atoms with van der Waals surface area (Å²) in [4.78, 5) is 5.56. The van der Waals surface area contributed by atoms with Crippen LogP contribution in [0.25, 0.3) is 0 Å². The van der Waals surface area contributed by atoms with E-state index in [1.54, 1.807) is 0 Å². The lowest BCUT2D eigenvalue weighted by Crippen LogP contribution is -2.51. The maximum atomic E-state index is 2.82. The predicted octanol–water partition coefficient (Wildman–Crippen LogP) is 6.43. The summed E-state index contributed by atoms with van der Waals surface area (Å²) in [5.41, 5.74) is 4.26. The quantitative estimate of drug-likeness (QED) is 0.543. The summed E-state index contributed by atoms with van der Waals surface area (Å²) in [7, 11) is 0. The van der Waals surface area contributed by atoms with Crippen molar-refractivity contribution in [2.45, 2.75) is 70.4 Å². The minimum Gasteiger partial charge on any atom is -0.298 e. The average Bonchev–Trinajstić information content (AvgIpc) is 2.74. The van der Waals surface area contributed by atoms with Crippen molar-refractivity contribution in [3.63, 3.8) is 0 Å². The molecule has 0 amide bonds. The van der Waals surface area contributed by atoms with Gasteiger partial charge < -0.3 is 0 Å². The second-order valence-corrected chi connectivity index (χ2v) is 9.19. The Morgan fingerprint density at radius 1 is 0.767 bits per heavy atom. The highest BCUT2D eigenvalue weighted by Gasteiger charge is 2.28. The SMILES string of the molecule is Cc1ccc(CC(c2ccccc2)N2CCN(C3CCCCCCC3)CC2)cc1.Cl. The van der Waals surface area contributed by atoms with E-state index in [2.05, 4.69) is 71.3 Å². The number of halogens is 1. The summed E-state index contributed by atoms with van der Waals surface area (Å²) >= 11 is 0. The van der Waals surface area contributed by atoms with E-state index in [9.17, 15) is 0 Å². The molecule has 0 spiro atoms. The first-order valence-electron chi connectivity index (χ1n) is 11.9. The molecule has 4 rings (SSSR count). The maximum absolute atomic E-state index is 2.82. The van der Waals surface area contributed by atoms with Gasteiger partial charge in [0, 0.05) is 38.3 Å². The second-order valence-electron chi connectivity index (χ2n) is 9.19. The minimum absolute atomic E-state index is 0. The lowest BCUT2D eigenvalue weighted by molar-refractivity contribution is 0.0595. The summed E-state index contributed by atoms with van der Waals surface area (Å²) in [6.45, 7) is 7.04. The first-order chi connectivity index (χ1) is 14.3. The van der Waals surface area contributed by atoms with Crippen LogP contribution in [0.5, 0.6) is 0 Å². The highest BCUT2D eigenvalue weighted by atomic mass is 35.5. The lowest BCUT2D eigenvalue weighted by Gasteiger charge is -2.43. The summed E-state index contributed by atoms with van der Waals surface area (Å²) in [6.07, 6.45) is 11.2.